The highest BCUT2D eigenvalue weighted by atomic mass is 16.6. The molecule has 2 heterocycles. The van der Waals surface area contributed by atoms with Crippen LogP contribution in [0.4, 0.5) is 10.6 Å². The van der Waals surface area contributed by atoms with Crippen molar-refractivity contribution in [3.8, 4) is 0 Å². The van der Waals surface area contributed by atoms with E-state index in [0.29, 0.717) is 30.7 Å². The number of amides is 1. The molecule has 1 aromatic heterocycles. The number of hydrogen-bond acceptors (Lipinski definition) is 5. The molecule has 6 heteroatoms. The summed E-state index contributed by atoms with van der Waals surface area (Å²) >= 11 is 0. The number of aryl methyl sites for hydroxylation is 1. The summed E-state index contributed by atoms with van der Waals surface area (Å²) in [7, 11) is 0. The number of ether oxygens (including phenoxy) is 1. The first-order valence-electron chi connectivity index (χ1n) is 7.75. The number of piperidine rings is 1. The van der Waals surface area contributed by atoms with Crippen molar-refractivity contribution in [1.82, 2.24) is 15.1 Å². The second-order valence-corrected chi connectivity index (χ2v) is 7.14. The van der Waals surface area contributed by atoms with Gasteiger partial charge in [0.05, 0.1) is 5.69 Å². The van der Waals surface area contributed by atoms with Crippen LogP contribution in [-0.4, -0.2) is 39.9 Å². The van der Waals surface area contributed by atoms with Gasteiger partial charge in [-0.1, -0.05) is 6.92 Å². The fraction of sp³-hybridized carbons (Fsp3) is 0.688. The van der Waals surface area contributed by atoms with Crippen molar-refractivity contribution in [3.63, 3.8) is 0 Å². The lowest BCUT2D eigenvalue weighted by Gasteiger charge is -2.37. The maximum Gasteiger partial charge on any atom is 0.410 e. The number of nitrogens with two attached hydrogens (primary N) is 1. The monoisotopic (exact) mass is 306 g/mol. The summed E-state index contributed by atoms with van der Waals surface area (Å²) in [5.74, 6) is 1.05. The number of carbonyl (C=O) groups excluding carboxylic acids is 1. The Morgan fingerprint density at radius 3 is 2.64 bits per heavy atom. The van der Waals surface area contributed by atoms with E-state index in [1.54, 1.807) is 4.90 Å². The minimum atomic E-state index is -0.462. The van der Waals surface area contributed by atoms with Gasteiger partial charge in [0.1, 0.15) is 11.4 Å². The van der Waals surface area contributed by atoms with Crippen molar-refractivity contribution in [2.75, 3.05) is 18.8 Å². The quantitative estimate of drug-likeness (QED) is 0.862. The average Bonchev–Trinajstić information content (AvgIpc) is 2.37. The molecule has 0 saturated carbocycles. The van der Waals surface area contributed by atoms with Gasteiger partial charge >= 0.3 is 6.09 Å². The van der Waals surface area contributed by atoms with E-state index in [-0.39, 0.29) is 6.09 Å². The Kier molecular flexibility index (Phi) is 4.58. The van der Waals surface area contributed by atoms with E-state index in [0.717, 1.165) is 17.7 Å². The number of aromatic nitrogens is 2. The minimum absolute atomic E-state index is 0.238. The fourth-order valence-electron chi connectivity index (χ4n) is 2.93. The zero-order valence-corrected chi connectivity index (χ0v) is 14.1. The van der Waals surface area contributed by atoms with Crippen molar-refractivity contribution in [2.45, 2.75) is 52.6 Å². The maximum absolute atomic E-state index is 12.2. The molecule has 2 atom stereocenters. The molecule has 0 radical (unpaired) electrons. The second-order valence-electron chi connectivity index (χ2n) is 7.14. The highest BCUT2D eigenvalue weighted by molar-refractivity contribution is 5.68. The van der Waals surface area contributed by atoms with E-state index >= 15 is 0 Å². The molecule has 1 aromatic rings. The molecule has 1 aliphatic rings. The van der Waals surface area contributed by atoms with E-state index in [2.05, 4.69) is 17.1 Å². The molecule has 0 unspecified atom stereocenters. The van der Waals surface area contributed by atoms with Crippen LogP contribution in [0, 0.1) is 12.8 Å². The Morgan fingerprint density at radius 1 is 1.41 bits per heavy atom. The van der Waals surface area contributed by atoms with E-state index in [1.807, 2.05) is 33.8 Å². The Morgan fingerprint density at radius 2 is 2.09 bits per heavy atom. The van der Waals surface area contributed by atoms with Crippen LogP contribution < -0.4 is 5.73 Å². The maximum atomic E-state index is 12.2. The SMILES string of the molecule is Cc1cc(N)nnc1[C@H]1CCN(C(=O)OC(C)(C)C)C[C@H]1C. The van der Waals surface area contributed by atoms with Gasteiger partial charge in [0.25, 0.3) is 0 Å². The van der Waals surface area contributed by atoms with Gasteiger partial charge < -0.3 is 15.4 Å². The van der Waals surface area contributed by atoms with E-state index < -0.39 is 5.60 Å². The third kappa shape index (κ3) is 3.87. The van der Waals surface area contributed by atoms with Gasteiger partial charge in [0.2, 0.25) is 0 Å². The number of likely N-dealkylation sites (tertiary alicyclic amines) is 1. The zero-order valence-electron chi connectivity index (χ0n) is 14.1. The predicted molar refractivity (Wildman–Crippen MR) is 85.5 cm³/mol. The summed E-state index contributed by atoms with van der Waals surface area (Å²) in [6.07, 6.45) is 0.623. The molecule has 122 valence electrons. The van der Waals surface area contributed by atoms with Crippen LogP contribution in [0.5, 0.6) is 0 Å². The van der Waals surface area contributed by atoms with Crippen LogP contribution in [0.15, 0.2) is 6.07 Å². The molecule has 6 nitrogen and oxygen atoms in total. The molecule has 0 aliphatic carbocycles. The summed E-state index contributed by atoms with van der Waals surface area (Å²) in [5.41, 5.74) is 7.26. The van der Waals surface area contributed by atoms with Crippen LogP contribution >= 0.6 is 0 Å². The smallest absolute Gasteiger partial charge is 0.410 e. The number of carbonyl (C=O) groups is 1. The van der Waals surface area contributed by atoms with Crippen LogP contribution in [0.25, 0.3) is 0 Å². The van der Waals surface area contributed by atoms with Crippen LogP contribution in [0.3, 0.4) is 0 Å². The highest BCUT2D eigenvalue weighted by Crippen LogP contribution is 2.33. The third-order valence-electron chi connectivity index (χ3n) is 3.95. The van der Waals surface area contributed by atoms with Crippen LogP contribution in [0.1, 0.15) is 51.3 Å². The lowest BCUT2D eigenvalue weighted by atomic mass is 9.83. The van der Waals surface area contributed by atoms with Gasteiger partial charge in [-0.2, -0.15) is 5.10 Å². The molecule has 1 aliphatic heterocycles. The molecule has 0 aromatic carbocycles. The fourth-order valence-corrected chi connectivity index (χ4v) is 2.93. The number of nitrogen functional groups attached to an aromatic ring is 1. The number of hydrogen-bond donors (Lipinski definition) is 1. The first kappa shape index (κ1) is 16.5. The van der Waals surface area contributed by atoms with Gasteiger partial charge in [-0.15, -0.1) is 5.10 Å². The number of rotatable bonds is 1. The third-order valence-corrected chi connectivity index (χ3v) is 3.95. The van der Waals surface area contributed by atoms with Gasteiger partial charge in [0.15, 0.2) is 0 Å². The molecule has 1 amide bonds. The largest absolute Gasteiger partial charge is 0.444 e. The van der Waals surface area contributed by atoms with Gasteiger partial charge in [-0.05, 0) is 51.7 Å². The molecule has 22 heavy (non-hydrogen) atoms. The van der Waals surface area contributed by atoms with Crippen molar-refractivity contribution < 1.29 is 9.53 Å². The molecular formula is C16H26N4O2. The first-order chi connectivity index (χ1) is 10.2. The lowest BCUT2D eigenvalue weighted by Crippen LogP contribution is -2.44. The molecule has 1 fully saturated rings. The van der Waals surface area contributed by atoms with E-state index in [4.69, 9.17) is 10.5 Å². The lowest BCUT2D eigenvalue weighted by molar-refractivity contribution is 0.0153. The van der Waals surface area contributed by atoms with Crippen molar-refractivity contribution >= 4 is 11.9 Å². The predicted octanol–water partition coefficient (Wildman–Crippen LogP) is 2.73. The highest BCUT2D eigenvalue weighted by Gasteiger charge is 2.33. The molecule has 1 saturated heterocycles. The molecule has 0 bridgehead atoms. The minimum Gasteiger partial charge on any atom is -0.444 e. The Labute approximate surface area is 132 Å². The Bertz CT molecular complexity index is 554. The van der Waals surface area contributed by atoms with Crippen LogP contribution in [-0.2, 0) is 4.74 Å². The zero-order chi connectivity index (χ0) is 16.5. The Balaban J connectivity index is 2.05. The second kappa shape index (κ2) is 6.10. The van der Waals surface area contributed by atoms with Crippen molar-refractivity contribution in [1.29, 1.82) is 0 Å². The van der Waals surface area contributed by atoms with Gasteiger partial charge in [0, 0.05) is 19.0 Å². The topological polar surface area (TPSA) is 81.3 Å². The molecular weight excluding hydrogens is 280 g/mol. The molecule has 2 N–H and O–H groups in total. The summed E-state index contributed by atoms with van der Waals surface area (Å²) in [4.78, 5) is 14.0. The Hall–Kier alpha value is -1.85. The number of anilines is 1. The first-order valence-corrected chi connectivity index (χ1v) is 7.75. The summed E-state index contributed by atoms with van der Waals surface area (Å²) in [6.45, 7) is 11.1. The molecule has 2 rings (SSSR count). The number of nitrogens with zero attached hydrogens (tertiary/aromatic N) is 3. The van der Waals surface area contributed by atoms with Gasteiger partial charge in [-0.3, -0.25) is 0 Å². The van der Waals surface area contributed by atoms with Crippen molar-refractivity contribution in [2.24, 2.45) is 5.92 Å². The summed E-state index contributed by atoms with van der Waals surface area (Å²) in [5, 5.41) is 8.25. The van der Waals surface area contributed by atoms with E-state index in [9.17, 15) is 4.79 Å². The average molecular weight is 306 g/mol. The van der Waals surface area contributed by atoms with Gasteiger partial charge in [-0.25, -0.2) is 4.79 Å². The van der Waals surface area contributed by atoms with E-state index in [1.165, 1.54) is 0 Å². The standard InChI is InChI=1S/C16H26N4O2/c1-10-8-13(17)18-19-14(10)12-6-7-20(9-11(12)2)15(21)22-16(3,4)5/h8,11-12H,6-7,9H2,1-5H3,(H2,17,18)/t11-,12+/m1/s1. The summed E-state index contributed by atoms with van der Waals surface area (Å²) < 4.78 is 5.45. The van der Waals surface area contributed by atoms with Crippen LogP contribution in [0.2, 0.25) is 0 Å². The van der Waals surface area contributed by atoms with Crippen molar-refractivity contribution in [3.05, 3.63) is 17.3 Å². The molecule has 0 spiro atoms. The normalized spacial score (nSPS) is 22.5. The summed E-state index contributed by atoms with van der Waals surface area (Å²) in [6, 6.07) is 1.86.